The Balaban J connectivity index is 1.74. The van der Waals surface area contributed by atoms with E-state index in [2.05, 4.69) is 5.73 Å². The molecule has 2 aromatic carbocycles. The molecule has 0 atom stereocenters. The molecule has 0 spiro atoms. The Morgan fingerprint density at radius 1 is 0.743 bits per heavy atom. The summed E-state index contributed by atoms with van der Waals surface area (Å²) >= 11 is 11.2. The maximum atomic E-state index is 10.8. The topological polar surface area (TPSA) is 60.2 Å². The average Bonchev–Trinajstić information content (AvgIpc) is 3.27. The second-order valence-electron chi connectivity index (χ2n) is 7.65. The highest BCUT2D eigenvalue weighted by Gasteiger charge is 2.16. The molecule has 0 aliphatic heterocycles. The third-order valence-electron chi connectivity index (χ3n) is 5.62. The highest BCUT2D eigenvalue weighted by atomic mass is 32.1. The van der Waals surface area contributed by atoms with Gasteiger partial charge in [-0.15, -0.1) is 5.73 Å². The lowest BCUT2D eigenvalue weighted by atomic mass is 10.3. The lowest BCUT2D eigenvalue weighted by Crippen LogP contribution is -1.98. The van der Waals surface area contributed by atoms with Crippen molar-refractivity contribution in [1.82, 2.24) is 18.3 Å². The van der Waals surface area contributed by atoms with Crippen LogP contribution in [0.25, 0.3) is 23.5 Å². The number of hydrogen-bond donors (Lipinski definition) is 2. The Kier molecular flexibility index (Phi) is 7.36. The van der Waals surface area contributed by atoms with Crippen molar-refractivity contribution < 1.29 is 10.2 Å². The first-order valence-electron chi connectivity index (χ1n) is 11.3. The Bertz CT molecular complexity index is 1550. The van der Waals surface area contributed by atoms with Crippen LogP contribution >= 0.6 is 24.4 Å². The Hall–Kier alpha value is -3.84. The highest BCUT2D eigenvalue weighted by molar-refractivity contribution is 7.71. The van der Waals surface area contributed by atoms with Gasteiger partial charge in [-0.1, -0.05) is 42.5 Å². The van der Waals surface area contributed by atoms with E-state index in [1.807, 2.05) is 83.6 Å². The summed E-state index contributed by atoms with van der Waals surface area (Å²) in [6.07, 6.45) is 6.96. The van der Waals surface area contributed by atoms with Crippen molar-refractivity contribution in [2.24, 2.45) is 0 Å². The second-order valence-corrected chi connectivity index (χ2v) is 8.38. The summed E-state index contributed by atoms with van der Waals surface area (Å²) in [5, 5.41) is 21.5. The molecule has 0 aliphatic rings. The number of imidazole rings is 2. The molecule has 2 aromatic heterocycles. The van der Waals surface area contributed by atoms with Crippen LogP contribution in [0, 0.1) is 9.54 Å². The monoisotopic (exact) mass is 502 g/mol. The maximum absolute atomic E-state index is 10.8. The fourth-order valence-electron chi connectivity index (χ4n) is 3.93. The molecule has 35 heavy (non-hydrogen) atoms. The first-order chi connectivity index (χ1) is 17.0. The minimum atomic E-state index is 0.0848. The lowest BCUT2D eigenvalue weighted by Gasteiger charge is -2.04. The van der Waals surface area contributed by atoms with Crippen LogP contribution in [0.1, 0.15) is 25.2 Å². The Morgan fingerprint density at radius 2 is 1.20 bits per heavy atom. The smallest absolute Gasteiger partial charge is 0.218 e. The molecular formula is C27H26N4O2S2. The predicted octanol–water partition coefficient (Wildman–Crippen LogP) is 6.66. The molecule has 2 N–H and O–H groups in total. The molecule has 0 saturated carbocycles. The van der Waals surface area contributed by atoms with E-state index in [0.29, 0.717) is 34.0 Å². The standard InChI is InChI=1S/C27H26N4O2S2/c1-3-28-24(32)22(30(26(28)34)20-14-8-5-9-15-20)18-12-7-13-19-23-25(33)29(4-2)27(35)31(23)21-16-10-6-11-17-21/h5-12,14-19,32-33H,3-4H2,1-2H3. The van der Waals surface area contributed by atoms with E-state index in [0.717, 1.165) is 11.4 Å². The molecule has 178 valence electrons. The van der Waals surface area contributed by atoms with Crippen LogP contribution in [0.3, 0.4) is 0 Å². The Morgan fingerprint density at radius 3 is 1.69 bits per heavy atom. The molecule has 6 nitrogen and oxygen atoms in total. The predicted molar refractivity (Wildman–Crippen MR) is 145 cm³/mol. The van der Waals surface area contributed by atoms with Crippen molar-refractivity contribution in [1.29, 1.82) is 0 Å². The van der Waals surface area contributed by atoms with Gasteiger partial charge >= 0.3 is 0 Å². The van der Waals surface area contributed by atoms with E-state index in [4.69, 9.17) is 24.4 Å². The summed E-state index contributed by atoms with van der Waals surface area (Å²) in [4.78, 5) is 0. The molecule has 0 saturated heterocycles. The molecule has 0 fully saturated rings. The van der Waals surface area contributed by atoms with Crippen LogP contribution in [0.15, 0.2) is 78.5 Å². The molecule has 0 unspecified atom stereocenters. The summed E-state index contributed by atoms with van der Waals surface area (Å²) in [6, 6.07) is 19.3. The summed E-state index contributed by atoms with van der Waals surface area (Å²) in [5.74, 6) is 0.187. The van der Waals surface area contributed by atoms with Crippen LogP contribution in [0.5, 0.6) is 11.8 Å². The van der Waals surface area contributed by atoms with Crippen molar-refractivity contribution in [3.05, 3.63) is 99.5 Å². The van der Waals surface area contributed by atoms with Gasteiger partial charge in [-0.05, 0) is 74.7 Å². The summed E-state index contributed by atoms with van der Waals surface area (Å²) < 4.78 is 8.03. The lowest BCUT2D eigenvalue weighted by molar-refractivity contribution is 0.419. The van der Waals surface area contributed by atoms with Crippen molar-refractivity contribution >= 4 is 36.6 Å². The fraction of sp³-hybridized carbons (Fsp3) is 0.148. The van der Waals surface area contributed by atoms with Gasteiger partial charge in [0, 0.05) is 30.5 Å². The maximum Gasteiger partial charge on any atom is 0.218 e. The largest absolute Gasteiger partial charge is 0.493 e. The summed E-state index contributed by atoms with van der Waals surface area (Å²) in [7, 11) is 0. The van der Waals surface area contributed by atoms with Crippen LogP contribution in [0.4, 0.5) is 0 Å². The van der Waals surface area contributed by atoms with E-state index >= 15 is 0 Å². The molecule has 0 bridgehead atoms. The van der Waals surface area contributed by atoms with Crippen LogP contribution in [-0.2, 0) is 13.1 Å². The van der Waals surface area contributed by atoms with Crippen molar-refractivity contribution in [2.75, 3.05) is 0 Å². The molecule has 0 aliphatic carbocycles. The van der Waals surface area contributed by atoms with E-state index in [1.165, 1.54) is 0 Å². The van der Waals surface area contributed by atoms with Gasteiger partial charge in [0.05, 0.1) is 0 Å². The molecular weight excluding hydrogens is 476 g/mol. The molecule has 2 heterocycles. The number of aromatic nitrogens is 4. The van der Waals surface area contributed by atoms with E-state index in [-0.39, 0.29) is 11.8 Å². The normalized spacial score (nSPS) is 11.0. The van der Waals surface area contributed by atoms with Crippen molar-refractivity contribution in [3.8, 4) is 23.1 Å². The molecule has 8 heteroatoms. The average molecular weight is 503 g/mol. The number of hydrogen-bond acceptors (Lipinski definition) is 4. The highest BCUT2D eigenvalue weighted by Crippen LogP contribution is 2.27. The number of rotatable bonds is 7. The first kappa shape index (κ1) is 24.3. The quantitative estimate of drug-likeness (QED) is 0.168. The molecule has 4 rings (SSSR count). The van der Waals surface area contributed by atoms with Gasteiger partial charge in [0.2, 0.25) is 11.8 Å². The minimum absolute atomic E-state index is 0.0848. The molecule has 0 amide bonds. The SMILES string of the molecule is CCn1c(O)c(C=C=CC=Cc2c(O)n(CC)c(=S)n2-c2ccccc2)n(-c2ccccc2)c1=S. The van der Waals surface area contributed by atoms with Gasteiger partial charge in [0.15, 0.2) is 9.54 Å². The van der Waals surface area contributed by atoms with E-state index in [1.54, 1.807) is 33.4 Å². The van der Waals surface area contributed by atoms with Crippen LogP contribution < -0.4 is 0 Å². The summed E-state index contributed by atoms with van der Waals surface area (Å²) in [5.41, 5.74) is 5.94. The van der Waals surface area contributed by atoms with Gasteiger partial charge in [0.25, 0.3) is 0 Å². The fourth-order valence-corrected chi connectivity index (χ4v) is 4.77. The van der Waals surface area contributed by atoms with Crippen molar-refractivity contribution in [3.63, 3.8) is 0 Å². The minimum Gasteiger partial charge on any atom is -0.493 e. The van der Waals surface area contributed by atoms with Gasteiger partial charge in [-0.2, -0.15) is 0 Å². The van der Waals surface area contributed by atoms with Gasteiger partial charge < -0.3 is 10.2 Å². The van der Waals surface area contributed by atoms with Gasteiger partial charge in [0.1, 0.15) is 11.4 Å². The van der Waals surface area contributed by atoms with Gasteiger partial charge in [-0.25, -0.2) is 0 Å². The molecule has 0 radical (unpaired) electrons. The number of para-hydroxylation sites is 2. The molecule has 4 aromatic rings. The second kappa shape index (κ2) is 10.6. The number of benzene rings is 2. The third-order valence-corrected chi connectivity index (χ3v) is 6.43. The van der Waals surface area contributed by atoms with Crippen LogP contribution in [-0.4, -0.2) is 28.5 Å². The van der Waals surface area contributed by atoms with Gasteiger partial charge in [-0.3, -0.25) is 18.3 Å². The van der Waals surface area contributed by atoms with E-state index < -0.39 is 0 Å². The van der Waals surface area contributed by atoms with E-state index in [9.17, 15) is 10.2 Å². The number of aromatic hydroxyl groups is 2. The summed E-state index contributed by atoms with van der Waals surface area (Å²) in [6.45, 7) is 4.97. The Labute approximate surface area is 214 Å². The van der Waals surface area contributed by atoms with Crippen LogP contribution in [0.2, 0.25) is 0 Å². The number of allylic oxidation sites excluding steroid dienone is 2. The first-order valence-corrected chi connectivity index (χ1v) is 12.1. The zero-order valence-corrected chi connectivity index (χ0v) is 21.1. The zero-order chi connectivity index (χ0) is 24.9. The third kappa shape index (κ3) is 4.59. The number of nitrogens with zero attached hydrogens (tertiary/aromatic N) is 4. The van der Waals surface area contributed by atoms with Crippen molar-refractivity contribution in [2.45, 2.75) is 26.9 Å². The zero-order valence-electron chi connectivity index (χ0n) is 19.5.